The van der Waals surface area contributed by atoms with Gasteiger partial charge in [-0.2, -0.15) is 0 Å². The highest BCUT2D eigenvalue weighted by atomic mass is 35.5. The highest BCUT2D eigenvalue weighted by Crippen LogP contribution is 2.27. The Morgan fingerprint density at radius 1 is 1.21 bits per heavy atom. The van der Waals surface area contributed by atoms with Crippen LogP contribution in [0.2, 0.25) is 10.0 Å². The van der Waals surface area contributed by atoms with E-state index in [9.17, 15) is 0 Å². The van der Waals surface area contributed by atoms with Gasteiger partial charge in [0.2, 0.25) is 0 Å². The number of nitrogens with zero attached hydrogens (tertiary/aromatic N) is 2. The van der Waals surface area contributed by atoms with E-state index in [4.69, 9.17) is 34.8 Å². The Labute approximate surface area is 127 Å². The number of rotatable bonds is 3. The van der Waals surface area contributed by atoms with Gasteiger partial charge in [0.05, 0.1) is 5.38 Å². The normalized spacial score (nSPS) is 12.5. The first kappa shape index (κ1) is 14.6. The summed E-state index contributed by atoms with van der Waals surface area (Å²) in [5, 5.41) is 1.16. The molecule has 1 aromatic heterocycles. The van der Waals surface area contributed by atoms with Gasteiger partial charge >= 0.3 is 0 Å². The van der Waals surface area contributed by atoms with Crippen molar-refractivity contribution in [3.63, 3.8) is 0 Å². The first-order valence-electron chi connectivity index (χ1n) is 5.88. The van der Waals surface area contributed by atoms with Crippen LogP contribution in [-0.2, 0) is 6.42 Å². The molecule has 0 saturated carbocycles. The second-order valence-corrected chi connectivity index (χ2v) is 5.79. The third kappa shape index (κ3) is 3.38. The summed E-state index contributed by atoms with van der Waals surface area (Å²) in [6, 6.07) is 5.44. The summed E-state index contributed by atoms with van der Waals surface area (Å²) in [5.74, 6) is 0.688. The Kier molecular flexibility index (Phi) is 4.67. The zero-order valence-electron chi connectivity index (χ0n) is 10.6. The van der Waals surface area contributed by atoms with Gasteiger partial charge in [0, 0.05) is 33.9 Å². The van der Waals surface area contributed by atoms with E-state index in [0.717, 1.165) is 16.8 Å². The van der Waals surface area contributed by atoms with Crippen molar-refractivity contribution in [1.29, 1.82) is 0 Å². The molecule has 1 unspecified atom stereocenters. The molecule has 5 heteroatoms. The monoisotopic (exact) mass is 314 g/mol. The fraction of sp³-hybridized carbons (Fsp3) is 0.286. The van der Waals surface area contributed by atoms with Gasteiger partial charge in [-0.3, -0.25) is 0 Å². The summed E-state index contributed by atoms with van der Waals surface area (Å²) < 4.78 is 0. The highest BCUT2D eigenvalue weighted by molar-refractivity contribution is 6.36. The van der Waals surface area contributed by atoms with Crippen LogP contribution in [0.5, 0.6) is 0 Å². The number of aromatic nitrogens is 2. The second kappa shape index (κ2) is 6.08. The van der Waals surface area contributed by atoms with Crippen LogP contribution in [0, 0.1) is 6.92 Å². The van der Waals surface area contributed by atoms with Crippen molar-refractivity contribution in [3.05, 3.63) is 57.1 Å². The lowest BCUT2D eigenvalue weighted by Crippen LogP contribution is -2.03. The molecule has 19 heavy (non-hydrogen) atoms. The Morgan fingerprint density at radius 3 is 2.37 bits per heavy atom. The van der Waals surface area contributed by atoms with E-state index in [1.165, 1.54) is 0 Å². The van der Waals surface area contributed by atoms with Crippen LogP contribution < -0.4 is 0 Å². The van der Waals surface area contributed by atoms with Crippen LogP contribution in [-0.4, -0.2) is 9.97 Å². The quantitative estimate of drug-likeness (QED) is 0.746. The Hall–Kier alpha value is -0.830. The molecule has 0 saturated heterocycles. The lowest BCUT2D eigenvalue weighted by molar-refractivity contribution is 0.895. The van der Waals surface area contributed by atoms with E-state index in [2.05, 4.69) is 9.97 Å². The smallest absolute Gasteiger partial charge is 0.133 e. The maximum Gasteiger partial charge on any atom is 0.133 e. The predicted octanol–water partition coefficient (Wildman–Crippen LogP) is 4.98. The standard InChI is InChI=1S/C14H13Cl3N2/c1-8(15)11-7-18-14(19-9(11)2)6-10-12(16)4-3-5-13(10)17/h3-5,7-8H,6H2,1-2H3. The maximum atomic E-state index is 6.14. The molecule has 2 rings (SSSR count). The molecule has 0 radical (unpaired) electrons. The topological polar surface area (TPSA) is 25.8 Å². The van der Waals surface area contributed by atoms with E-state index in [1.54, 1.807) is 6.20 Å². The number of halogens is 3. The zero-order valence-corrected chi connectivity index (χ0v) is 12.9. The van der Waals surface area contributed by atoms with Crippen LogP contribution in [0.1, 0.15) is 34.9 Å². The molecule has 0 N–H and O–H groups in total. The average Bonchev–Trinajstić information content (AvgIpc) is 2.33. The van der Waals surface area contributed by atoms with E-state index in [0.29, 0.717) is 22.3 Å². The van der Waals surface area contributed by atoms with Gasteiger partial charge in [0.1, 0.15) is 5.82 Å². The molecule has 0 fully saturated rings. The SMILES string of the molecule is Cc1nc(Cc2c(Cl)cccc2Cl)ncc1C(C)Cl. The van der Waals surface area contributed by atoms with Gasteiger partial charge in [-0.25, -0.2) is 9.97 Å². The fourth-order valence-electron chi connectivity index (χ4n) is 1.86. The summed E-state index contributed by atoms with van der Waals surface area (Å²) in [6.45, 7) is 3.82. The van der Waals surface area contributed by atoms with Crippen molar-refractivity contribution < 1.29 is 0 Å². The first-order valence-corrected chi connectivity index (χ1v) is 7.07. The predicted molar refractivity (Wildman–Crippen MR) is 80.3 cm³/mol. The van der Waals surface area contributed by atoms with Crippen molar-refractivity contribution in [3.8, 4) is 0 Å². The van der Waals surface area contributed by atoms with Crippen LogP contribution in [0.3, 0.4) is 0 Å². The van der Waals surface area contributed by atoms with E-state index >= 15 is 0 Å². The Balaban J connectivity index is 2.32. The molecule has 0 bridgehead atoms. The molecule has 0 aliphatic heterocycles. The third-order valence-electron chi connectivity index (χ3n) is 2.89. The number of alkyl halides is 1. The van der Waals surface area contributed by atoms with Crippen molar-refractivity contribution in [2.75, 3.05) is 0 Å². The molecule has 0 spiro atoms. The maximum absolute atomic E-state index is 6.14. The minimum atomic E-state index is -0.0991. The Morgan fingerprint density at radius 2 is 1.84 bits per heavy atom. The van der Waals surface area contributed by atoms with E-state index < -0.39 is 0 Å². The molecule has 2 nitrogen and oxygen atoms in total. The summed E-state index contributed by atoms with van der Waals surface area (Å²) >= 11 is 18.3. The van der Waals surface area contributed by atoms with Crippen LogP contribution in [0.25, 0.3) is 0 Å². The van der Waals surface area contributed by atoms with E-state index in [1.807, 2.05) is 32.0 Å². The molecule has 1 aromatic carbocycles. The van der Waals surface area contributed by atoms with Gasteiger partial charge in [-0.05, 0) is 31.5 Å². The number of hydrogen-bond donors (Lipinski definition) is 0. The number of aryl methyl sites for hydroxylation is 1. The average molecular weight is 316 g/mol. The molecule has 2 aromatic rings. The van der Waals surface area contributed by atoms with Crippen molar-refractivity contribution in [1.82, 2.24) is 9.97 Å². The van der Waals surface area contributed by atoms with Crippen molar-refractivity contribution >= 4 is 34.8 Å². The van der Waals surface area contributed by atoms with Gasteiger partial charge in [-0.15, -0.1) is 11.6 Å². The molecular weight excluding hydrogens is 303 g/mol. The zero-order chi connectivity index (χ0) is 14.0. The summed E-state index contributed by atoms with van der Waals surface area (Å²) in [6.07, 6.45) is 2.27. The van der Waals surface area contributed by atoms with Gasteiger partial charge in [-0.1, -0.05) is 29.3 Å². The van der Waals surface area contributed by atoms with Crippen molar-refractivity contribution in [2.24, 2.45) is 0 Å². The minimum absolute atomic E-state index is 0.0991. The van der Waals surface area contributed by atoms with E-state index in [-0.39, 0.29) is 5.38 Å². The molecule has 0 aliphatic rings. The Bertz CT molecular complexity index is 577. The summed E-state index contributed by atoms with van der Waals surface area (Å²) in [4.78, 5) is 8.78. The van der Waals surface area contributed by atoms with Gasteiger partial charge in [0.25, 0.3) is 0 Å². The molecular formula is C14H13Cl3N2. The lowest BCUT2D eigenvalue weighted by Gasteiger charge is -2.10. The molecule has 1 heterocycles. The molecule has 0 aliphatic carbocycles. The largest absolute Gasteiger partial charge is 0.241 e. The fourth-order valence-corrected chi connectivity index (χ4v) is 2.60. The summed E-state index contributed by atoms with van der Waals surface area (Å²) in [7, 11) is 0. The number of hydrogen-bond acceptors (Lipinski definition) is 2. The van der Waals surface area contributed by atoms with Crippen LogP contribution in [0.15, 0.2) is 24.4 Å². The summed E-state index contributed by atoms with van der Waals surface area (Å²) in [5.41, 5.74) is 2.67. The van der Waals surface area contributed by atoms with Gasteiger partial charge in [0.15, 0.2) is 0 Å². The molecule has 1 atom stereocenters. The van der Waals surface area contributed by atoms with Crippen molar-refractivity contribution in [2.45, 2.75) is 25.6 Å². The van der Waals surface area contributed by atoms with Gasteiger partial charge < -0.3 is 0 Å². The van der Waals surface area contributed by atoms with Crippen LogP contribution in [0.4, 0.5) is 0 Å². The second-order valence-electron chi connectivity index (χ2n) is 4.32. The minimum Gasteiger partial charge on any atom is -0.241 e. The highest BCUT2D eigenvalue weighted by Gasteiger charge is 2.11. The van der Waals surface area contributed by atoms with Crippen LogP contribution >= 0.6 is 34.8 Å². The first-order chi connectivity index (χ1) is 8.99. The number of benzene rings is 1. The third-order valence-corrected chi connectivity index (χ3v) is 3.84. The lowest BCUT2D eigenvalue weighted by atomic mass is 10.1. The molecule has 100 valence electrons. The molecule has 0 amide bonds.